The molecule has 0 N–H and O–H groups in total. The second-order valence-corrected chi connectivity index (χ2v) is 7.96. The van der Waals surface area contributed by atoms with E-state index in [9.17, 15) is 9.18 Å². The molecule has 3 aromatic rings. The average Bonchev–Trinajstić information content (AvgIpc) is 3.45. The van der Waals surface area contributed by atoms with Gasteiger partial charge in [-0.05, 0) is 44.1 Å². The molecule has 3 heterocycles. The van der Waals surface area contributed by atoms with Gasteiger partial charge in [0.05, 0.1) is 13.1 Å². The molecule has 0 spiro atoms. The lowest BCUT2D eigenvalue weighted by atomic mass is 10.1. The van der Waals surface area contributed by atoms with Crippen molar-refractivity contribution in [2.75, 3.05) is 26.2 Å². The maximum atomic E-state index is 14.4. The molecule has 0 radical (unpaired) electrons. The SMILES string of the molecule is O=C(c1nnc(-c2ccccc2)o1)N1CC(Oc2ccc(CN3CCCC3)c(F)c2)C1. The fraction of sp³-hybridized carbons (Fsp3) is 0.348. The van der Waals surface area contributed by atoms with Crippen LogP contribution in [0.1, 0.15) is 29.1 Å². The quantitative estimate of drug-likeness (QED) is 0.607. The Morgan fingerprint density at radius 3 is 2.61 bits per heavy atom. The summed E-state index contributed by atoms with van der Waals surface area (Å²) in [5, 5.41) is 7.81. The van der Waals surface area contributed by atoms with Crippen molar-refractivity contribution in [3.05, 3.63) is 65.8 Å². The summed E-state index contributed by atoms with van der Waals surface area (Å²) in [5.41, 5.74) is 1.44. The number of hydrogen-bond donors (Lipinski definition) is 0. The van der Waals surface area contributed by atoms with Gasteiger partial charge in [0.1, 0.15) is 17.7 Å². The number of hydrogen-bond acceptors (Lipinski definition) is 6. The Kier molecular flexibility index (Phi) is 5.38. The van der Waals surface area contributed by atoms with Crippen LogP contribution in [0.15, 0.2) is 52.9 Å². The van der Waals surface area contributed by atoms with Crippen LogP contribution in [0.25, 0.3) is 11.5 Å². The van der Waals surface area contributed by atoms with Crippen LogP contribution >= 0.6 is 0 Å². The molecule has 1 aromatic heterocycles. The number of carbonyl (C=O) groups is 1. The number of rotatable bonds is 6. The fourth-order valence-electron chi connectivity index (χ4n) is 3.92. The highest BCUT2D eigenvalue weighted by molar-refractivity contribution is 5.90. The maximum Gasteiger partial charge on any atom is 0.311 e. The van der Waals surface area contributed by atoms with Gasteiger partial charge >= 0.3 is 11.8 Å². The minimum Gasteiger partial charge on any atom is -0.487 e. The number of carbonyl (C=O) groups excluding carboxylic acids is 1. The molecule has 0 unspecified atom stereocenters. The van der Waals surface area contributed by atoms with Crippen LogP contribution in [-0.4, -0.2) is 58.2 Å². The number of amides is 1. The molecule has 0 atom stereocenters. The molecule has 2 fully saturated rings. The zero-order chi connectivity index (χ0) is 21.2. The number of likely N-dealkylation sites (tertiary alicyclic amines) is 2. The predicted octanol–water partition coefficient (Wildman–Crippen LogP) is 3.37. The third kappa shape index (κ3) is 4.29. The topological polar surface area (TPSA) is 71.7 Å². The van der Waals surface area contributed by atoms with Gasteiger partial charge in [-0.25, -0.2) is 4.39 Å². The molecular weight excluding hydrogens is 399 g/mol. The highest BCUT2D eigenvalue weighted by Gasteiger charge is 2.35. The zero-order valence-corrected chi connectivity index (χ0v) is 17.0. The number of aromatic nitrogens is 2. The normalized spacial score (nSPS) is 17.0. The van der Waals surface area contributed by atoms with Gasteiger partial charge in [-0.15, -0.1) is 10.2 Å². The Morgan fingerprint density at radius 2 is 1.87 bits per heavy atom. The Labute approximate surface area is 179 Å². The summed E-state index contributed by atoms with van der Waals surface area (Å²) in [6.45, 7) is 3.46. The van der Waals surface area contributed by atoms with Crippen molar-refractivity contribution in [1.82, 2.24) is 20.0 Å². The molecule has 2 saturated heterocycles. The second kappa shape index (κ2) is 8.47. The number of nitrogens with zero attached hydrogens (tertiary/aromatic N) is 4. The van der Waals surface area contributed by atoms with E-state index in [0.717, 1.165) is 18.7 Å². The molecule has 2 aromatic carbocycles. The summed E-state index contributed by atoms with van der Waals surface area (Å²) in [5.74, 6) is 0.151. The van der Waals surface area contributed by atoms with Crippen molar-refractivity contribution in [2.45, 2.75) is 25.5 Å². The molecule has 7 nitrogen and oxygen atoms in total. The molecule has 2 aliphatic heterocycles. The number of ether oxygens (including phenoxy) is 1. The van der Waals surface area contributed by atoms with Crippen molar-refractivity contribution in [3.8, 4) is 17.2 Å². The van der Waals surface area contributed by atoms with E-state index in [0.29, 0.717) is 36.8 Å². The highest BCUT2D eigenvalue weighted by Crippen LogP contribution is 2.24. The Bertz CT molecular complexity index is 1060. The number of halogens is 1. The van der Waals surface area contributed by atoms with E-state index >= 15 is 0 Å². The van der Waals surface area contributed by atoms with E-state index in [1.54, 1.807) is 17.0 Å². The molecular formula is C23H23FN4O3. The van der Waals surface area contributed by atoms with E-state index in [4.69, 9.17) is 9.15 Å². The summed E-state index contributed by atoms with van der Waals surface area (Å²) >= 11 is 0. The van der Waals surface area contributed by atoms with Gasteiger partial charge in [-0.2, -0.15) is 0 Å². The van der Waals surface area contributed by atoms with Gasteiger partial charge in [-0.3, -0.25) is 9.69 Å². The van der Waals surface area contributed by atoms with Crippen LogP contribution in [0.2, 0.25) is 0 Å². The van der Waals surface area contributed by atoms with Crippen LogP contribution in [0.3, 0.4) is 0 Å². The predicted molar refractivity (Wildman–Crippen MR) is 111 cm³/mol. The van der Waals surface area contributed by atoms with Crippen LogP contribution < -0.4 is 4.74 Å². The first-order chi connectivity index (χ1) is 15.2. The Hall–Kier alpha value is -3.26. The van der Waals surface area contributed by atoms with Gasteiger partial charge in [0, 0.05) is 23.7 Å². The lowest BCUT2D eigenvalue weighted by Gasteiger charge is -2.38. The first-order valence-electron chi connectivity index (χ1n) is 10.5. The van der Waals surface area contributed by atoms with Crippen LogP contribution in [0.4, 0.5) is 4.39 Å². The lowest BCUT2D eigenvalue weighted by molar-refractivity contribution is 0.0148. The first-order valence-corrected chi connectivity index (χ1v) is 10.5. The highest BCUT2D eigenvalue weighted by atomic mass is 19.1. The average molecular weight is 422 g/mol. The van der Waals surface area contributed by atoms with Crippen molar-refractivity contribution >= 4 is 5.91 Å². The molecule has 31 heavy (non-hydrogen) atoms. The van der Waals surface area contributed by atoms with Gasteiger partial charge in [0.2, 0.25) is 5.89 Å². The lowest BCUT2D eigenvalue weighted by Crippen LogP contribution is -2.56. The maximum absolute atomic E-state index is 14.4. The van der Waals surface area contributed by atoms with E-state index in [1.807, 2.05) is 30.3 Å². The molecule has 160 valence electrons. The van der Waals surface area contributed by atoms with E-state index in [-0.39, 0.29) is 23.7 Å². The molecule has 1 amide bonds. The smallest absolute Gasteiger partial charge is 0.311 e. The summed E-state index contributed by atoms with van der Waals surface area (Å²) in [6.07, 6.45) is 2.16. The largest absolute Gasteiger partial charge is 0.487 e. The minimum absolute atomic E-state index is 0.0467. The second-order valence-electron chi connectivity index (χ2n) is 7.96. The van der Waals surface area contributed by atoms with Crippen LogP contribution in [0.5, 0.6) is 5.75 Å². The molecule has 5 rings (SSSR count). The zero-order valence-electron chi connectivity index (χ0n) is 17.0. The molecule has 2 aliphatic rings. The first kappa shape index (κ1) is 19.7. The standard InChI is InChI=1S/C23H23FN4O3/c24-20-12-18(9-8-17(20)13-27-10-4-5-11-27)30-19-14-28(15-19)23(29)22-26-25-21(31-22)16-6-2-1-3-7-16/h1-3,6-9,12,19H,4-5,10-11,13-15H2. The minimum atomic E-state index is -0.332. The fourth-order valence-corrected chi connectivity index (χ4v) is 3.92. The molecule has 0 saturated carbocycles. The summed E-state index contributed by atoms with van der Waals surface area (Å²) in [7, 11) is 0. The van der Waals surface area contributed by atoms with E-state index in [2.05, 4.69) is 15.1 Å². The van der Waals surface area contributed by atoms with E-state index in [1.165, 1.54) is 18.9 Å². The third-order valence-corrected chi connectivity index (χ3v) is 5.68. The van der Waals surface area contributed by atoms with Crippen molar-refractivity contribution < 1.29 is 18.3 Å². The Morgan fingerprint density at radius 1 is 1.10 bits per heavy atom. The van der Waals surface area contributed by atoms with Crippen molar-refractivity contribution in [2.24, 2.45) is 0 Å². The van der Waals surface area contributed by atoms with Gasteiger partial charge in [0.25, 0.3) is 0 Å². The Balaban J connectivity index is 1.15. The third-order valence-electron chi connectivity index (χ3n) is 5.68. The van der Waals surface area contributed by atoms with E-state index < -0.39 is 0 Å². The van der Waals surface area contributed by atoms with Crippen molar-refractivity contribution in [3.63, 3.8) is 0 Å². The summed E-state index contributed by atoms with van der Waals surface area (Å²) in [6, 6.07) is 14.3. The monoisotopic (exact) mass is 422 g/mol. The van der Waals surface area contributed by atoms with Gasteiger partial charge < -0.3 is 14.1 Å². The van der Waals surface area contributed by atoms with Crippen molar-refractivity contribution in [1.29, 1.82) is 0 Å². The van der Waals surface area contributed by atoms with Gasteiger partial charge in [-0.1, -0.05) is 24.3 Å². The number of benzene rings is 2. The van der Waals surface area contributed by atoms with Gasteiger partial charge in [0.15, 0.2) is 0 Å². The van der Waals surface area contributed by atoms with Crippen LogP contribution in [0, 0.1) is 5.82 Å². The summed E-state index contributed by atoms with van der Waals surface area (Å²) in [4.78, 5) is 16.4. The van der Waals surface area contributed by atoms with Crippen LogP contribution in [-0.2, 0) is 6.54 Å². The molecule has 0 bridgehead atoms. The molecule has 0 aliphatic carbocycles. The molecule has 8 heteroatoms. The summed E-state index contributed by atoms with van der Waals surface area (Å²) < 4.78 is 25.8.